The van der Waals surface area contributed by atoms with E-state index in [1.54, 1.807) is 0 Å². The number of benzene rings is 17. The van der Waals surface area contributed by atoms with Crippen LogP contribution in [0.4, 0.5) is 34.1 Å². The Hall–Kier alpha value is -13.8. The Kier molecular flexibility index (Phi) is 11.2. The number of anilines is 6. The molecule has 6 aliphatic carbocycles. The molecular formula is C105H62BN3. The zero-order valence-electron chi connectivity index (χ0n) is 59.2. The first-order valence-corrected chi connectivity index (χ1v) is 38.4. The van der Waals surface area contributed by atoms with Crippen molar-refractivity contribution in [3.63, 3.8) is 0 Å². The Bertz CT molecular complexity index is 6960. The molecule has 0 unspecified atom stereocenters. The van der Waals surface area contributed by atoms with E-state index in [-0.39, 0.29) is 6.71 Å². The number of hydrogen-bond acceptors (Lipinski definition) is 2. The lowest BCUT2D eigenvalue weighted by Gasteiger charge is -2.45. The van der Waals surface area contributed by atoms with Crippen molar-refractivity contribution in [2.24, 2.45) is 0 Å². The number of nitrogens with zero attached hydrogens (tertiary/aromatic N) is 3. The minimum atomic E-state index is -0.627. The van der Waals surface area contributed by atoms with Gasteiger partial charge >= 0.3 is 0 Å². The maximum Gasteiger partial charge on any atom is 0.252 e. The largest absolute Gasteiger partial charge is 0.311 e. The number of aromatic nitrogens is 1. The average molecular weight is 1380 g/mol. The van der Waals surface area contributed by atoms with Crippen molar-refractivity contribution in [3.8, 4) is 83.6 Å². The van der Waals surface area contributed by atoms with Crippen LogP contribution in [0.2, 0.25) is 0 Å². The normalized spacial score (nSPS) is 15.0. The summed E-state index contributed by atoms with van der Waals surface area (Å²) in [7, 11) is 0. The van der Waals surface area contributed by atoms with E-state index in [1.165, 1.54) is 183 Å². The highest BCUT2D eigenvalue weighted by molar-refractivity contribution is 7.00. The molecule has 18 aromatic rings. The lowest BCUT2D eigenvalue weighted by Crippen LogP contribution is -2.61. The van der Waals surface area contributed by atoms with Gasteiger partial charge in [0.05, 0.1) is 33.0 Å². The predicted octanol–water partition coefficient (Wildman–Crippen LogP) is 23.6. The molecule has 0 atom stereocenters. The summed E-state index contributed by atoms with van der Waals surface area (Å²) >= 11 is 0. The molecule has 109 heavy (non-hydrogen) atoms. The zero-order chi connectivity index (χ0) is 70.7. The quantitative estimate of drug-likeness (QED) is 0.163. The van der Waals surface area contributed by atoms with Crippen LogP contribution in [-0.2, 0) is 16.2 Å². The van der Waals surface area contributed by atoms with Crippen LogP contribution in [0.15, 0.2) is 376 Å². The molecule has 0 saturated heterocycles. The summed E-state index contributed by atoms with van der Waals surface area (Å²) in [5, 5.41) is 2.44. The molecule has 1 aromatic heterocycles. The Morgan fingerprint density at radius 1 is 0.193 bits per heavy atom. The summed E-state index contributed by atoms with van der Waals surface area (Å²) < 4.78 is 2.56. The molecule has 0 amide bonds. The first-order valence-electron chi connectivity index (χ1n) is 38.4. The average Bonchev–Trinajstić information content (AvgIpc) is 1.54. The van der Waals surface area contributed by atoms with Crippen LogP contribution in [0.3, 0.4) is 0 Å². The van der Waals surface area contributed by atoms with Crippen LogP contribution in [0.25, 0.3) is 105 Å². The monoisotopic (exact) mass is 1380 g/mol. The third-order valence-electron chi connectivity index (χ3n) is 26.6. The van der Waals surface area contributed by atoms with Crippen molar-refractivity contribution >= 4 is 79.0 Å². The van der Waals surface area contributed by atoms with Gasteiger partial charge in [0.1, 0.15) is 0 Å². The number of hydrogen-bond donors (Lipinski definition) is 0. The van der Waals surface area contributed by atoms with E-state index in [1.807, 2.05) is 0 Å². The lowest BCUT2D eigenvalue weighted by atomic mass is 9.33. The molecule has 0 N–H and O–H groups in total. The SMILES string of the molecule is c1ccc(-c2ccc(N3c4cc5c(cc4B4c6cc7c(cc6N(c6ccc8c(c6)-c6ccccc6C86c8ccccc8-c8ccccc86)c6cc(-n8c9ccccc9c9ccccc98)cc3c64)C3(c4ccccc4-c4ccccc43)c3ccccc3-7)C3(c4ccccc4-c4ccccc43)c3ccccc3-5)cc2)cc1. The fourth-order valence-electron chi connectivity index (χ4n) is 22.7. The second-order valence-electron chi connectivity index (χ2n) is 31.1. The van der Waals surface area contributed by atoms with Crippen LogP contribution in [-0.4, -0.2) is 11.3 Å². The van der Waals surface area contributed by atoms with E-state index in [0.717, 1.165) is 39.5 Å². The Labute approximate surface area is 631 Å². The topological polar surface area (TPSA) is 11.4 Å². The second kappa shape index (κ2) is 20.8. The minimum Gasteiger partial charge on any atom is -0.311 e. The fraction of sp³-hybridized carbons (Fsp3) is 0.0286. The molecule has 17 aromatic carbocycles. The second-order valence-corrected chi connectivity index (χ2v) is 31.1. The Morgan fingerprint density at radius 3 is 0.954 bits per heavy atom. The van der Waals surface area contributed by atoms with Crippen LogP contribution in [0.1, 0.15) is 66.8 Å². The van der Waals surface area contributed by atoms with Crippen LogP contribution in [0.5, 0.6) is 0 Å². The van der Waals surface area contributed by atoms with Gasteiger partial charge in [0.25, 0.3) is 6.71 Å². The molecule has 0 saturated carbocycles. The van der Waals surface area contributed by atoms with E-state index < -0.39 is 16.2 Å². The van der Waals surface area contributed by atoms with Crippen molar-refractivity contribution in [2.45, 2.75) is 16.2 Å². The van der Waals surface area contributed by atoms with Crippen molar-refractivity contribution in [3.05, 3.63) is 443 Å². The highest BCUT2D eigenvalue weighted by Gasteiger charge is 2.58. The molecule has 26 rings (SSSR count). The molecule has 8 aliphatic rings. The summed E-state index contributed by atoms with van der Waals surface area (Å²) in [6, 6.07) is 146. The minimum absolute atomic E-state index is 0.279. The van der Waals surface area contributed by atoms with Gasteiger partial charge in [-0.1, -0.05) is 315 Å². The number of para-hydroxylation sites is 2. The molecule has 500 valence electrons. The highest BCUT2D eigenvalue weighted by atomic mass is 15.2. The molecule has 0 radical (unpaired) electrons. The van der Waals surface area contributed by atoms with Gasteiger partial charge in [0, 0.05) is 44.9 Å². The first-order chi connectivity index (χ1) is 54.1. The van der Waals surface area contributed by atoms with E-state index in [4.69, 9.17) is 0 Å². The number of fused-ring (bicyclic) bond motifs is 37. The lowest BCUT2D eigenvalue weighted by molar-refractivity contribution is 0.793. The molecule has 3 spiro atoms. The van der Waals surface area contributed by atoms with Gasteiger partial charge in [-0.15, -0.1) is 0 Å². The van der Waals surface area contributed by atoms with Gasteiger partial charge < -0.3 is 14.4 Å². The molecular weight excluding hydrogens is 1310 g/mol. The van der Waals surface area contributed by atoms with Crippen molar-refractivity contribution < 1.29 is 0 Å². The summed E-state index contributed by atoms with van der Waals surface area (Å²) in [6.45, 7) is -0.279. The predicted molar refractivity (Wildman–Crippen MR) is 449 cm³/mol. The van der Waals surface area contributed by atoms with Crippen LogP contribution >= 0.6 is 0 Å². The summed E-state index contributed by atoms with van der Waals surface area (Å²) in [5.41, 5.74) is 46.0. The molecule has 0 bridgehead atoms. The number of rotatable bonds is 4. The van der Waals surface area contributed by atoms with Gasteiger partial charge in [-0.25, -0.2) is 0 Å². The van der Waals surface area contributed by atoms with Crippen LogP contribution < -0.4 is 26.2 Å². The van der Waals surface area contributed by atoms with Crippen molar-refractivity contribution in [1.29, 1.82) is 0 Å². The summed E-state index contributed by atoms with van der Waals surface area (Å²) in [4.78, 5) is 5.41. The molecule has 4 heteroatoms. The van der Waals surface area contributed by atoms with E-state index >= 15 is 0 Å². The van der Waals surface area contributed by atoms with E-state index in [0.29, 0.717) is 0 Å². The van der Waals surface area contributed by atoms with Gasteiger partial charge in [-0.3, -0.25) is 0 Å². The summed E-state index contributed by atoms with van der Waals surface area (Å²) in [5.74, 6) is 0. The first kappa shape index (κ1) is 58.5. The van der Waals surface area contributed by atoms with E-state index in [9.17, 15) is 0 Å². The third kappa shape index (κ3) is 7.00. The Balaban J connectivity index is 0.832. The summed E-state index contributed by atoms with van der Waals surface area (Å²) in [6.07, 6.45) is 0. The fourth-order valence-corrected chi connectivity index (χ4v) is 22.7. The molecule has 2 aliphatic heterocycles. The molecule has 0 fully saturated rings. The van der Waals surface area contributed by atoms with Crippen molar-refractivity contribution in [2.75, 3.05) is 9.80 Å². The Morgan fingerprint density at radius 2 is 0.505 bits per heavy atom. The standard InChI is InChI=1S/C105H62BN3/c1-2-26-63(27-3-1)64-50-52-65(53-51-64)107-98-60-81-76-36-12-23-47-90(76)104(84-41-17-6-30-70(84)71-31-7-18-42-85(71)104)92(81)61-95(98)106-94-59-80-75-35-11-22-46-89(75)105(86-43-19-8-32-72(86)73-33-9-20-44-87(73)105)93(80)62-99(94)108(101-58-67(57-100(107)102(101)106)109-96-48-24-13-37-77(96)78-38-14-25-49-97(78)109)66-54-55-91-79(56-66)74-34-10-21-45-88(74)103(91)82-39-15-4-28-68(82)69-29-5-16-40-83(69)103/h1-62H. The van der Waals surface area contributed by atoms with Crippen molar-refractivity contribution in [1.82, 2.24) is 4.57 Å². The van der Waals surface area contributed by atoms with Gasteiger partial charge in [-0.05, 0) is 222 Å². The van der Waals surface area contributed by atoms with Gasteiger partial charge in [-0.2, -0.15) is 0 Å². The van der Waals surface area contributed by atoms with Crippen LogP contribution in [0, 0.1) is 0 Å². The zero-order valence-corrected chi connectivity index (χ0v) is 59.2. The third-order valence-corrected chi connectivity index (χ3v) is 26.6. The van der Waals surface area contributed by atoms with Gasteiger partial charge in [0.2, 0.25) is 0 Å². The van der Waals surface area contributed by atoms with Gasteiger partial charge in [0.15, 0.2) is 0 Å². The molecule has 3 heterocycles. The maximum atomic E-state index is 2.74. The highest BCUT2D eigenvalue weighted by Crippen LogP contribution is 2.68. The van der Waals surface area contributed by atoms with E-state index in [2.05, 4.69) is 390 Å². The molecule has 3 nitrogen and oxygen atoms in total. The smallest absolute Gasteiger partial charge is 0.252 e. The maximum absolute atomic E-state index is 2.74.